The Kier molecular flexibility index (Phi) is 11.8. The molecule has 8 rings (SSSR count). The molecule has 0 unspecified atom stereocenters. The predicted molar refractivity (Wildman–Crippen MR) is 221 cm³/mol. The normalized spacial score (nSPS) is 34.2. The van der Waals surface area contributed by atoms with Gasteiger partial charge >= 0.3 is 0 Å². The van der Waals surface area contributed by atoms with Gasteiger partial charge in [-0.25, -0.2) is 13.1 Å². The van der Waals surface area contributed by atoms with E-state index in [-0.39, 0.29) is 17.3 Å². The Morgan fingerprint density at radius 3 is 2.70 bits per heavy atom. The number of amides is 1. The van der Waals surface area contributed by atoms with E-state index in [4.69, 9.17) is 25.8 Å². The summed E-state index contributed by atoms with van der Waals surface area (Å²) in [6.07, 6.45) is 13.9. The summed E-state index contributed by atoms with van der Waals surface area (Å²) < 4.78 is 49.4. The first-order chi connectivity index (χ1) is 27.0. The number of rotatable bonds is 6. The molecular formula is C44H61ClN4O6S. The third kappa shape index (κ3) is 8.02. The average Bonchev–Trinajstić information content (AvgIpc) is 3.32. The summed E-state index contributed by atoms with van der Waals surface area (Å²) in [6.45, 7) is 11.7. The maximum Gasteiger partial charge on any atom is 0.264 e. The number of allylic oxidation sites excluding steroid dienone is 1. The Hall–Kier alpha value is -2.67. The number of sulfonamides is 1. The number of hydrogen-bond acceptors (Lipinski definition) is 9. The number of anilines is 1. The molecule has 2 aliphatic carbocycles. The first kappa shape index (κ1) is 40.1. The van der Waals surface area contributed by atoms with Crippen LogP contribution in [0.2, 0.25) is 5.02 Å². The summed E-state index contributed by atoms with van der Waals surface area (Å²) in [5.74, 6) is 0.420. The lowest BCUT2D eigenvalue weighted by atomic mass is 9.63. The number of benzene rings is 2. The van der Waals surface area contributed by atoms with Gasteiger partial charge in [0.15, 0.2) is 0 Å². The van der Waals surface area contributed by atoms with Crippen molar-refractivity contribution in [3.05, 3.63) is 70.3 Å². The second-order valence-corrected chi connectivity index (χ2v) is 20.2. The third-order valence-corrected chi connectivity index (χ3v) is 16.4. The molecule has 1 spiro atoms. The number of ether oxygens (including phenoxy) is 3. The minimum Gasteiger partial charge on any atom is -0.490 e. The van der Waals surface area contributed by atoms with Gasteiger partial charge in [-0.2, -0.15) is 0 Å². The van der Waals surface area contributed by atoms with Gasteiger partial charge in [0.25, 0.3) is 5.91 Å². The van der Waals surface area contributed by atoms with E-state index in [1.165, 1.54) is 36.9 Å². The molecule has 2 bridgehead atoms. The molecule has 4 aliphatic heterocycles. The van der Waals surface area contributed by atoms with E-state index in [1.807, 2.05) is 25.1 Å². The largest absolute Gasteiger partial charge is 0.490 e. The smallest absolute Gasteiger partial charge is 0.264 e. The number of nitrogens with zero attached hydrogens (tertiary/aromatic N) is 3. The van der Waals surface area contributed by atoms with Crippen molar-refractivity contribution in [2.45, 2.75) is 93.9 Å². The van der Waals surface area contributed by atoms with Gasteiger partial charge in [0, 0.05) is 68.4 Å². The predicted octanol–water partition coefficient (Wildman–Crippen LogP) is 6.46. The number of nitrogens with one attached hydrogen (secondary N) is 1. The van der Waals surface area contributed by atoms with Crippen LogP contribution in [0.15, 0.2) is 48.6 Å². The van der Waals surface area contributed by atoms with Crippen LogP contribution in [0.5, 0.6) is 5.75 Å². The van der Waals surface area contributed by atoms with Crippen LogP contribution in [0.1, 0.15) is 86.7 Å². The summed E-state index contributed by atoms with van der Waals surface area (Å²) in [5.41, 5.74) is 2.85. The van der Waals surface area contributed by atoms with Crippen LogP contribution in [0, 0.1) is 17.8 Å². The lowest BCUT2D eigenvalue weighted by Gasteiger charge is -2.53. The first-order valence-corrected chi connectivity index (χ1v) is 23.1. The number of halogens is 1. The molecule has 1 amide bonds. The van der Waals surface area contributed by atoms with E-state index in [2.05, 4.69) is 43.7 Å². The number of aryl methyl sites for hydroxylation is 1. The molecule has 0 radical (unpaired) electrons. The molecule has 6 aliphatic rings. The van der Waals surface area contributed by atoms with E-state index >= 15 is 0 Å². The van der Waals surface area contributed by atoms with Gasteiger partial charge in [-0.15, -0.1) is 0 Å². The Balaban J connectivity index is 1.20. The molecule has 2 aromatic rings. The molecule has 1 saturated carbocycles. The topological polar surface area (TPSA) is 101 Å². The summed E-state index contributed by atoms with van der Waals surface area (Å²) in [5, 5.41) is -0.0397. The van der Waals surface area contributed by atoms with Crippen molar-refractivity contribution in [2.24, 2.45) is 17.8 Å². The highest BCUT2D eigenvalue weighted by molar-refractivity contribution is 7.90. The van der Waals surface area contributed by atoms with Crippen LogP contribution in [0.25, 0.3) is 0 Å². The Labute approximate surface area is 339 Å². The van der Waals surface area contributed by atoms with Crippen LogP contribution in [-0.2, 0) is 31.3 Å². The van der Waals surface area contributed by atoms with E-state index in [9.17, 15) is 13.2 Å². The zero-order valence-electron chi connectivity index (χ0n) is 33.5. The van der Waals surface area contributed by atoms with Crippen molar-refractivity contribution >= 4 is 33.2 Å². The molecule has 0 aromatic heterocycles. The molecule has 10 nitrogen and oxygen atoms in total. The number of carbonyl (C=O) groups is 1. The number of piperidine rings is 1. The molecule has 12 heteroatoms. The van der Waals surface area contributed by atoms with Crippen molar-refractivity contribution in [1.29, 1.82) is 0 Å². The number of carbonyl (C=O) groups excluding carboxylic acids is 1. The molecule has 7 atom stereocenters. The van der Waals surface area contributed by atoms with E-state index in [1.54, 1.807) is 20.1 Å². The number of fused-ring (bicyclic) bond motifs is 5. The van der Waals surface area contributed by atoms with Crippen molar-refractivity contribution in [2.75, 3.05) is 77.6 Å². The van der Waals surface area contributed by atoms with Gasteiger partial charge in [0.05, 0.1) is 30.8 Å². The summed E-state index contributed by atoms with van der Waals surface area (Å²) >= 11 is 6.54. The number of methoxy groups -OCH3 is 1. The zero-order chi connectivity index (χ0) is 39.1. The highest BCUT2D eigenvalue weighted by Gasteiger charge is 2.51. The van der Waals surface area contributed by atoms with Crippen molar-refractivity contribution in [3.63, 3.8) is 0 Å². The minimum atomic E-state index is -3.98. The zero-order valence-corrected chi connectivity index (χ0v) is 35.1. The maximum atomic E-state index is 13.7. The molecule has 3 fully saturated rings. The van der Waals surface area contributed by atoms with Gasteiger partial charge in [-0.1, -0.05) is 43.2 Å². The van der Waals surface area contributed by atoms with Gasteiger partial charge < -0.3 is 19.1 Å². The second-order valence-electron chi connectivity index (χ2n) is 17.7. The average molecular weight is 810 g/mol. The molecule has 306 valence electrons. The fraction of sp³-hybridized carbons (Fsp3) is 0.659. The van der Waals surface area contributed by atoms with Gasteiger partial charge in [-0.05, 0) is 124 Å². The lowest BCUT2D eigenvalue weighted by molar-refractivity contribution is -0.127. The second kappa shape index (κ2) is 16.5. The molecule has 1 N–H and O–H groups in total. The maximum absolute atomic E-state index is 13.7. The summed E-state index contributed by atoms with van der Waals surface area (Å²) in [7, 11) is -2.25. The van der Waals surface area contributed by atoms with E-state index < -0.39 is 26.8 Å². The van der Waals surface area contributed by atoms with Gasteiger partial charge in [0.2, 0.25) is 10.0 Å². The van der Waals surface area contributed by atoms with Crippen molar-refractivity contribution < 1.29 is 27.4 Å². The summed E-state index contributed by atoms with van der Waals surface area (Å²) in [6, 6.07) is 12.3. The number of hydrogen-bond donors (Lipinski definition) is 1. The fourth-order valence-electron chi connectivity index (χ4n) is 10.8. The van der Waals surface area contributed by atoms with Crippen LogP contribution in [-0.4, -0.2) is 114 Å². The quantitative estimate of drug-likeness (QED) is 0.261. The fourth-order valence-corrected chi connectivity index (χ4v) is 12.2. The lowest BCUT2D eigenvalue weighted by Crippen LogP contribution is -2.61. The summed E-state index contributed by atoms with van der Waals surface area (Å²) in [4.78, 5) is 21.5. The molecule has 4 heterocycles. The first-order valence-electron chi connectivity index (χ1n) is 21.1. The highest BCUT2D eigenvalue weighted by atomic mass is 35.5. The van der Waals surface area contributed by atoms with Crippen LogP contribution in [0.4, 0.5) is 5.69 Å². The van der Waals surface area contributed by atoms with Crippen molar-refractivity contribution in [1.82, 2.24) is 14.5 Å². The highest BCUT2D eigenvalue weighted by Crippen LogP contribution is 2.49. The third-order valence-electron chi connectivity index (χ3n) is 14.3. The van der Waals surface area contributed by atoms with Crippen LogP contribution in [0.3, 0.4) is 0 Å². The Morgan fingerprint density at radius 2 is 1.88 bits per heavy atom. The Bertz CT molecular complexity index is 1890. The van der Waals surface area contributed by atoms with Gasteiger partial charge in [-0.3, -0.25) is 14.6 Å². The van der Waals surface area contributed by atoms with E-state index in [0.29, 0.717) is 56.1 Å². The van der Waals surface area contributed by atoms with Crippen molar-refractivity contribution in [3.8, 4) is 5.75 Å². The monoisotopic (exact) mass is 808 g/mol. The van der Waals surface area contributed by atoms with Crippen LogP contribution >= 0.6 is 11.6 Å². The molecule has 56 heavy (non-hydrogen) atoms. The Morgan fingerprint density at radius 1 is 1.00 bits per heavy atom. The van der Waals surface area contributed by atoms with Crippen LogP contribution < -0.4 is 14.4 Å². The SMILES string of the molecule is COCCO[C@@]1(CN2CCN3CCCC[C@@H]3C2)/C=C/C[C@H](C)[C@@H](C)S(=O)(=O)NC(=O)c2ccc3c(c2)N(C[C@@H]2CC[C@H]21)C[C@@]1(CCCc2cc(Cl)ccc21)CO3. The molecule has 2 aromatic carbocycles. The number of piperazine rings is 1. The van der Waals surface area contributed by atoms with E-state index in [0.717, 1.165) is 75.5 Å². The standard InChI is InChI=1S/C44H61ClN4O6S/c1-31-8-6-18-44(55-23-22-53-3,29-47-20-21-48-19-5-4-10-37(48)27-47)39-14-11-35(39)26-49-28-43(17-7-9-33-24-36(45)13-15-38(33)43)30-54-41-16-12-34(25-40(41)49)42(50)46-56(51,52)32(31)2/h6,12-13,15-16,18,24-25,31-32,35,37,39H,4-5,7-11,14,17,19-23,26-30H2,1-3H3,(H,46,50)/b18-6+/t31-,32+,35-,37+,39+,43-,44+/m0/s1. The minimum absolute atomic E-state index is 0.232. The van der Waals surface area contributed by atoms with Gasteiger partial charge in [0.1, 0.15) is 11.4 Å². The molecule has 2 saturated heterocycles. The molecular weight excluding hydrogens is 748 g/mol.